The summed E-state index contributed by atoms with van der Waals surface area (Å²) in [5.41, 5.74) is 0.891. The molecule has 0 bridgehead atoms. The van der Waals surface area contributed by atoms with Crippen molar-refractivity contribution in [2.24, 2.45) is 5.92 Å². The van der Waals surface area contributed by atoms with E-state index in [2.05, 4.69) is 5.32 Å². The van der Waals surface area contributed by atoms with Crippen molar-refractivity contribution in [1.82, 2.24) is 5.32 Å². The fraction of sp³-hybridized carbons (Fsp3) is 0.417. The predicted octanol–water partition coefficient (Wildman–Crippen LogP) is 2.28. The van der Waals surface area contributed by atoms with Gasteiger partial charge in [0.15, 0.2) is 0 Å². The second-order valence-corrected chi connectivity index (χ2v) is 4.70. The van der Waals surface area contributed by atoms with Crippen molar-refractivity contribution in [1.29, 1.82) is 0 Å². The number of amides is 1. The van der Waals surface area contributed by atoms with Crippen LogP contribution in [0.1, 0.15) is 12.5 Å². The molecule has 5 heteroatoms. The van der Waals surface area contributed by atoms with Crippen LogP contribution in [0, 0.1) is 5.92 Å². The van der Waals surface area contributed by atoms with Gasteiger partial charge in [0.1, 0.15) is 0 Å². The number of benzene rings is 1. The van der Waals surface area contributed by atoms with Crippen molar-refractivity contribution in [2.75, 3.05) is 13.2 Å². The summed E-state index contributed by atoms with van der Waals surface area (Å²) in [5, 5.41) is 12.4. The highest BCUT2D eigenvalue weighted by molar-refractivity contribution is 6.35. The average Bonchev–Trinajstić information content (AvgIpc) is 2.29. The second-order valence-electron chi connectivity index (χ2n) is 3.86. The molecule has 3 nitrogen and oxygen atoms in total. The third kappa shape index (κ3) is 4.54. The summed E-state index contributed by atoms with van der Waals surface area (Å²) in [4.78, 5) is 11.6. The lowest BCUT2D eigenvalue weighted by Crippen LogP contribution is -2.32. The Bertz CT molecular complexity index is 396. The first kappa shape index (κ1) is 14.3. The molecule has 1 amide bonds. The van der Waals surface area contributed by atoms with E-state index in [0.29, 0.717) is 16.5 Å². The van der Waals surface area contributed by atoms with Gasteiger partial charge in [0.2, 0.25) is 5.91 Å². The zero-order valence-corrected chi connectivity index (χ0v) is 11.1. The molecule has 17 heavy (non-hydrogen) atoms. The van der Waals surface area contributed by atoms with Gasteiger partial charge in [0, 0.05) is 22.5 Å². The van der Waals surface area contributed by atoms with Crippen LogP contribution in [0.5, 0.6) is 0 Å². The Morgan fingerprint density at radius 2 is 2.18 bits per heavy atom. The number of aliphatic hydroxyl groups excluding tert-OH is 1. The Hall–Kier alpha value is -0.770. The quantitative estimate of drug-likeness (QED) is 0.866. The number of carbonyl (C=O) groups excluding carboxylic acids is 1. The average molecular weight is 276 g/mol. The number of halogens is 2. The topological polar surface area (TPSA) is 49.3 Å². The molecule has 0 aromatic heterocycles. The number of hydrogen-bond donors (Lipinski definition) is 2. The number of carbonyl (C=O) groups is 1. The van der Waals surface area contributed by atoms with Crippen LogP contribution in [-0.2, 0) is 11.2 Å². The molecule has 0 aliphatic rings. The molecule has 94 valence electrons. The van der Waals surface area contributed by atoms with Crippen molar-refractivity contribution in [2.45, 2.75) is 13.3 Å². The Balaban J connectivity index is 2.61. The monoisotopic (exact) mass is 275 g/mol. The first-order chi connectivity index (χ1) is 8.04. The minimum Gasteiger partial charge on any atom is -0.395 e. The molecule has 0 aliphatic carbocycles. The molecule has 1 atom stereocenters. The van der Waals surface area contributed by atoms with Crippen LogP contribution in [0.25, 0.3) is 0 Å². The van der Waals surface area contributed by atoms with E-state index in [9.17, 15) is 4.79 Å². The minimum atomic E-state index is -0.194. The first-order valence-electron chi connectivity index (χ1n) is 5.37. The maximum Gasteiger partial charge on any atom is 0.223 e. The third-order valence-electron chi connectivity index (χ3n) is 2.40. The highest BCUT2D eigenvalue weighted by atomic mass is 35.5. The lowest BCUT2D eigenvalue weighted by molar-refractivity contribution is -0.124. The second kappa shape index (κ2) is 6.84. The summed E-state index contributed by atoms with van der Waals surface area (Å²) in [6.07, 6.45) is 0.549. The Morgan fingerprint density at radius 1 is 1.47 bits per heavy atom. The van der Waals surface area contributed by atoms with Gasteiger partial charge in [-0.3, -0.25) is 4.79 Å². The fourth-order valence-electron chi connectivity index (χ4n) is 1.46. The highest BCUT2D eigenvalue weighted by Gasteiger charge is 2.14. The molecular weight excluding hydrogens is 261 g/mol. The van der Waals surface area contributed by atoms with Crippen molar-refractivity contribution in [3.05, 3.63) is 33.8 Å². The molecule has 0 spiro atoms. The van der Waals surface area contributed by atoms with E-state index in [1.165, 1.54) is 0 Å². The lowest BCUT2D eigenvalue weighted by Gasteiger charge is -2.12. The summed E-state index contributed by atoms with van der Waals surface area (Å²) in [5.74, 6) is -0.287. The van der Waals surface area contributed by atoms with Crippen LogP contribution >= 0.6 is 23.2 Å². The Labute approximate surface area is 111 Å². The van der Waals surface area contributed by atoms with Gasteiger partial charge in [-0.25, -0.2) is 0 Å². The van der Waals surface area contributed by atoms with E-state index in [4.69, 9.17) is 28.3 Å². The molecule has 0 heterocycles. The van der Waals surface area contributed by atoms with Gasteiger partial charge < -0.3 is 10.4 Å². The van der Waals surface area contributed by atoms with Gasteiger partial charge in [0.25, 0.3) is 0 Å². The van der Waals surface area contributed by atoms with Gasteiger partial charge >= 0.3 is 0 Å². The number of hydrogen-bond acceptors (Lipinski definition) is 2. The van der Waals surface area contributed by atoms with Gasteiger partial charge in [-0.2, -0.15) is 0 Å². The fourth-order valence-corrected chi connectivity index (χ4v) is 1.95. The highest BCUT2D eigenvalue weighted by Crippen LogP contribution is 2.23. The molecule has 0 fully saturated rings. The van der Waals surface area contributed by atoms with Gasteiger partial charge in [-0.05, 0) is 24.1 Å². The van der Waals surface area contributed by atoms with E-state index in [0.717, 1.165) is 5.56 Å². The standard InChI is InChI=1S/C12H15Cl2NO2/c1-8(12(17)15-4-5-16)6-9-2-3-10(13)7-11(9)14/h2-3,7-8,16H,4-6H2,1H3,(H,15,17). The van der Waals surface area contributed by atoms with Crippen molar-refractivity contribution in [3.8, 4) is 0 Å². The lowest BCUT2D eigenvalue weighted by atomic mass is 10.0. The molecular formula is C12H15Cl2NO2. The molecule has 0 saturated carbocycles. The summed E-state index contributed by atoms with van der Waals surface area (Å²) >= 11 is 11.8. The maximum absolute atomic E-state index is 11.6. The zero-order chi connectivity index (χ0) is 12.8. The van der Waals surface area contributed by atoms with Crippen LogP contribution in [-0.4, -0.2) is 24.2 Å². The van der Waals surface area contributed by atoms with Crippen LogP contribution in [0.2, 0.25) is 10.0 Å². The van der Waals surface area contributed by atoms with Gasteiger partial charge in [-0.15, -0.1) is 0 Å². The minimum absolute atomic E-state index is 0.0554. The molecule has 1 unspecified atom stereocenters. The summed E-state index contributed by atoms with van der Waals surface area (Å²) in [7, 11) is 0. The maximum atomic E-state index is 11.6. The first-order valence-corrected chi connectivity index (χ1v) is 6.12. The Kier molecular flexibility index (Phi) is 5.75. The normalized spacial score (nSPS) is 12.2. The van der Waals surface area contributed by atoms with Crippen molar-refractivity contribution >= 4 is 29.1 Å². The summed E-state index contributed by atoms with van der Waals surface area (Å²) in [6.45, 7) is 2.04. The largest absolute Gasteiger partial charge is 0.395 e. The van der Waals surface area contributed by atoms with E-state index in [-0.39, 0.29) is 25.0 Å². The van der Waals surface area contributed by atoms with Crippen molar-refractivity contribution < 1.29 is 9.90 Å². The molecule has 1 rings (SSSR count). The number of nitrogens with one attached hydrogen (secondary N) is 1. The molecule has 0 radical (unpaired) electrons. The van der Waals surface area contributed by atoms with E-state index in [1.807, 2.05) is 13.0 Å². The smallest absolute Gasteiger partial charge is 0.223 e. The number of rotatable bonds is 5. The predicted molar refractivity (Wildman–Crippen MR) is 69.4 cm³/mol. The van der Waals surface area contributed by atoms with Crippen molar-refractivity contribution in [3.63, 3.8) is 0 Å². The van der Waals surface area contributed by atoms with E-state index < -0.39 is 0 Å². The van der Waals surface area contributed by atoms with Crippen LogP contribution in [0.15, 0.2) is 18.2 Å². The Morgan fingerprint density at radius 3 is 2.76 bits per heavy atom. The van der Waals surface area contributed by atoms with E-state index >= 15 is 0 Å². The van der Waals surface area contributed by atoms with E-state index in [1.54, 1.807) is 12.1 Å². The van der Waals surface area contributed by atoms with Crippen LogP contribution in [0.4, 0.5) is 0 Å². The SMILES string of the molecule is CC(Cc1ccc(Cl)cc1Cl)C(=O)NCCO. The van der Waals surface area contributed by atoms with Gasteiger partial charge in [-0.1, -0.05) is 36.2 Å². The van der Waals surface area contributed by atoms with Gasteiger partial charge in [0.05, 0.1) is 6.61 Å². The van der Waals surface area contributed by atoms with Crippen LogP contribution < -0.4 is 5.32 Å². The molecule has 1 aromatic carbocycles. The number of aliphatic hydroxyl groups is 1. The summed E-state index contributed by atoms with van der Waals surface area (Å²) < 4.78 is 0. The van der Waals surface area contributed by atoms with Crippen LogP contribution in [0.3, 0.4) is 0 Å². The molecule has 1 aromatic rings. The molecule has 0 aliphatic heterocycles. The summed E-state index contributed by atoms with van der Waals surface area (Å²) in [6, 6.07) is 5.23. The zero-order valence-electron chi connectivity index (χ0n) is 9.54. The molecule has 0 saturated heterocycles. The molecule has 2 N–H and O–H groups in total. The third-order valence-corrected chi connectivity index (χ3v) is 2.99.